The van der Waals surface area contributed by atoms with Gasteiger partial charge in [0.15, 0.2) is 5.69 Å². The average Bonchev–Trinajstić information content (AvgIpc) is 2.77. The molecule has 1 N–H and O–H groups in total. The van der Waals surface area contributed by atoms with Gasteiger partial charge in [0.2, 0.25) is 0 Å². The minimum atomic E-state index is -4.75. The predicted molar refractivity (Wildman–Crippen MR) is 113 cm³/mol. The lowest BCUT2D eigenvalue weighted by Gasteiger charge is -2.15. The highest BCUT2D eigenvalue weighted by Gasteiger charge is 2.36. The van der Waals surface area contributed by atoms with Crippen LogP contribution >= 0.6 is 0 Å². The van der Waals surface area contributed by atoms with Crippen LogP contribution in [0.25, 0.3) is 11.1 Å². The lowest BCUT2D eigenvalue weighted by Crippen LogP contribution is -2.26. The summed E-state index contributed by atoms with van der Waals surface area (Å²) in [4.78, 5) is 27.7. The topological polar surface area (TPSA) is 68.3 Å². The molecule has 172 valence electrons. The van der Waals surface area contributed by atoms with Crippen molar-refractivity contribution in [1.82, 2.24) is 10.3 Å². The molecule has 0 aliphatic heterocycles. The Balaban J connectivity index is 1.68. The number of amides is 1. The summed E-state index contributed by atoms with van der Waals surface area (Å²) in [7, 11) is 0. The second kappa shape index (κ2) is 10.2. The first-order valence-electron chi connectivity index (χ1n) is 9.96. The summed E-state index contributed by atoms with van der Waals surface area (Å²) in [6, 6.07) is 13.4. The quantitative estimate of drug-likeness (QED) is 0.395. The van der Waals surface area contributed by atoms with Crippen LogP contribution in [0.15, 0.2) is 60.8 Å². The third-order valence-electron chi connectivity index (χ3n) is 4.73. The van der Waals surface area contributed by atoms with Gasteiger partial charge in [-0.3, -0.25) is 14.6 Å². The van der Waals surface area contributed by atoms with Gasteiger partial charge in [-0.05, 0) is 47.9 Å². The first-order chi connectivity index (χ1) is 15.6. The number of pyridine rings is 1. The Bertz CT molecular complexity index is 1150. The summed E-state index contributed by atoms with van der Waals surface area (Å²) in [5, 5.41) is 2.45. The molecule has 0 saturated heterocycles. The van der Waals surface area contributed by atoms with E-state index in [1.54, 1.807) is 24.3 Å². The number of carbonyl (C=O) groups is 2. The fourth-order valence-electron chi connectivity index (χ4n) is 3.19. The number of hydrogen-bond donors (Lipinski definition) is 1. The van der Waals surface area contributed by atoms with Crippen LogP contribution in [0.3, 0.4) is 0 Å². The molecule has 0 spiro atoms. The van der Waals surface area contributed by atoms with E-state index in [4.69, 9.17) is 4.74 Å². The minimum Gasteiger partial charge on any atom is -0.461 e. The number of nitrogens with zero attached hydrogens (tertiary/aromatic N) is 1. The summed E-state index contributed by atoms with van der Waals surface area (Å²) < 4.78 is 59.5. The van der Waals surface area contributed by atoms with Gasteiger partial charge in [0, 0.05) is 23.9 Å². The molecule has 2 aromatic carbocycles. The van der Waals surface area contributed by atoms with Crippen LogP contribution in [0.2, 0.25) is 0 Å². The van der Waals surface area contributed by atoms with Crippen molar-refractivity contribution in [2.24, 2.45) is 0 Å². The number of aryl methyl sites for hydroxylation is 1. The maximum absolute atomic E-state index is 14.2. The molecule has 0 fully saturated rings. The van der Waals surface area contributed by atoms with E-state index >= 15 is 0 Å². The second-order valence-corrected chi connectivity index (χ2v) is 7.23. The fourth-order valence-corrected chi connectivity index (χ4v) is 3.19. The van der Waals surface area contributed by atoms with E-state index in [2.05, 4.69) is 10.3 Å². The number of aromatic nitrogens is 1. The van der Waals surface area contributed by atoms with Gasteiger partial charge in [0.25, 0.3) is 5.91 Å². The molecule has 0 bridgehead atoms. The Morgan fingerprint density at radius 1 is 1.06 bits per heavy atom. The summed E-state index contributed by atoms with van der Waals surface area (Å²) in [5.41, 5.74) is -0.732. The van der Waals surface area contributed by atoms with Crippen molar-refractivity contribution in [3.63, 3.8) is 0 Å². The third-order valence-corrected chi connectivity index (χ3v) is 4.73. The second-order valence-electron chi connectivity index (χ2n) is 7.23. The number of rotatable bonds is 7. The normalized spacial score (nSPS) is 11.2. The van der Waals surface area contributed by atoms with Gasteiger partial charge in [0.1, 0.15) is 12.4 Å². The van der Waals surface area contributed by atoms with Crippen LogP contribution in [-0.4, -0.2) is 23.4 Å². The Labute approximate surface area is 187 Å². The van der Waals surface area contributed by atoms with Gasteiger partial charge in [0.05, 0.1) is 6.42 Å². The third kappa shape index (κ3) is 6.38. The van der Waals surface area contributed by atoms with Crippen molar-refractivity contribution in [2.45, 2.75) is 26.1 Å². The van der Waals surface area contributed by atoms with Gasteiger partial charge in [-0.2, -0.15) is 13.2 Å². The highest BCUT2D eigenvalue weighted by molar-refractivity contribution is 5.96. The maximum atomic E-state index is 14.2. The van der Waals surface area contributed by atoms with Crippen molar-refractivity contribution in [3.05, 3.63) is 89.0 Å². The molecule has 1 aromatic heterocycles. The highest BCUT2D eigenvalue weighted by atomic mass is 19.4. The van der Waals surface area contributed by atoms with Crippen LogP contribution in [0, 0.1) is 12.7 Å². The van der Waals surface area contributed by atoms with Gasteiger partial charge in [-0.15, -0.1) is 0 Å². The molecular formula is C24H20F4N2O3. The molecule has 0 atom stereocenters. The molecule has 0 radical (unpaired) electrons. The van der Waals surface area contributed by atoms with Crippen LogP contribution in [0.5, 0.6) is 0 Å². The molecule has 0 saturated carbocycles. The summed E-state index contributed by atoms with van der Waals surface area (Å²) in [6.07, 6.45) is -3.86. The largest absolute Gasteiger partial charge is 0.461 e. The molecule has 3 aromatic rings. The van der Waals surface area contributed by atoms with E-state index in [-0.39, 0.29) is 41.8 Å². The zero-order valence-electron chi connectivity index (χ0n) is 17.6. The number of alkyl halides is 3. The fraction of sp³-hybridized carbons (Fsp3) is 0.208. The highest BCUT2D eigenvalue weighted by Crippen LogP contribution is 2.37. The van der Waals surface area contributed by atoms with Crippen molar-refractivity contribution in [3.8, 4) is 11.1 Å². The van der Waals surface area contributed by atoms with Crippen molar-refractivity contribution < 1.29 is 31.9 Å². The standard InChI is InChI=1S/C24H20F4N2O3/c1-15-7-9-29-22(24(26,27)28)21(15)17-11-18(13-19(25)12-17)23(32)30-10-8-20(31)33-14-16-5-3-2-4-6-16/h2-7,9,11-13H,8,10,14H2,1H3,(H,30,32). The monoisotopic (exact) mass is 460 g/mol. The van der Waals surface area contributed by atoms with Crippen molar-refractivity contribution in [1.29, 1.82) is 0 Å². The Kier molecular flexibility index (Phi) is 7.42. The zero-order valence-corrected chi connectivity index (χ0v) is 17.6. The van der Waals surface area contributed by atoms with Crippen molar-refractivity contribution >= 4 is 11.9 Å². The molecular weight excluding hydrogens is 440 g/mol. The summed E-state index contributed by atoms with van der Waals surface area (Å²) >= 11 is 0. The van der Waals surface area contributed by atoms with Crippen molar-refractivity contribution in [2.75, 3.05) is 6.54 Å². The lowest BCUT2D eigenvalue weighted by atomic mass is 9.96. The lowest BCUT2D eigenvalue weighted by molar-refractivity contribution is -0.144. The molecule has 0 aliphatic rings. The Hall–Kier alpha value is -3.75. The minimum absolute atomic E-state index is 0.0853. The Morgan fingerprint density at radius 2 is 1.79 bits per heavy atom. The number of nitrogens with one attached hydrogen (secondary N) is 1. The number of benzene rings is 2. The maximum Gasteiger partial charge on any atom is 0.433 e. The zero-order chi connectivity index (χ0) is 24.0. The van der Waals surface area contributed by atoms with E-state index < -0.39 is 29.6 Å². The molecule has 9 heteroatoms. The van der Waals surface area contributed by atoms with E-state index in [0.717, 1.165) is 30.0 Å². The number of halogens is 4. The van der Waals surface area contributed by atoms with Gasteiger partial charge < -0.3 is 10.1 Å². The number of hydrogen-bond acceptors (Lipinski definition) is 4. The predicted octanol–water partition coefficient (Wildman–Crippen LogP) is 5.08. The molecule has 0 unspecified atom stereocenters. The van der Waals surface area contributed by atoms with Crippen LogP contribution in [0.1, 0.15) is 33.6 Å². The molecule has 0 aliphatic carbocycles. The van der Waals surface area contributed by atoms with Gasteiger partial charge in [-0.1, -0.05) is 30.3 Å². The molecule has 3 rings (SSSR count). The molecule has 33 heavy (non-hydrogen) atoms. The molecule has 5 nitrogen and oxygen atoms in total. The molecule has 1 heterocycles. The first-order valence-corrected chi connectivity index (χ1v) is 9.96. The first kappa shape index (κ1) is 23.9. The van der Waals surface area contributed by atoms with E-state index in [0.29, 0.717) is 0 Å². The van der Waals surface area contributed by atoms with Crippen LogP contribution < -0.4 is 5.32 Å². The number of carbonyl (C=O) groups excluding carboxylic acids is 2. The van der Waals surface area contributed by atoms with Gasteiger partial charge in [-0.25, -0.2) is 4.39 Å². The van der Waals surface area contributed by atoms with E-state index in [1.807, 2.05) is 6.07 Å². The number of ether oxygens (including phenoxy) is 1. The van der Waals surface area contributed by atoms with Crippen LogP contribution in [-0.2, 0) is 22.3 Å². The van der Waals surface area contributed by atoms with Crippen LogP contribution in [0.4, 0.5) is 17.6 Å². The Morgan fingerprint density at radius 3 is 2.48 bits per heavy atom. The smallest absolute Gasteiger partial charge is 0.433 e. The SMILES string of the molecule is Cc1ccnc(C(F)(F)F)c1-c1cc(F)cc(C(=O)NCCC(=O)OCc2ccccc2)c1. The van der Waals surface area contributed by atoms with E-state index in [1.165, 1.54) is 13.0 Å². The average molecular weight is 460 g/mol. The van der Waals surface area contributed by atoms with E-state index in [9.17, 15) is 27.2 Å². The number of esters is 1. The molecule has 1 amide bonds. The summed E-state index contributed by atoms with van der Waals surface area (Å²) in [6.45, 7) is 1.45. The summed E-state index contributed by atoms with van der Waals surface area (Å²) in [5.74, 6) is -2.15. The van der Waals surface area contributed by atoms with Gasteiger partial charge >= 0.3 is 12.1 Å².